The van der Waals surface area contributed by atoms with Gasteiger partial charge in [-0.1, -0.05) is 12.1 Å². The molecular formula is C20H25N5O2. The highest BCUT2D eigenvalue weighted by Gasteiger charge is 2.21. The molecule has 1 aliphatic rings. The number of nitrogens with two attached hydrogens (primary N) is 1. The summed E-state index contributed by atoms with van der Waals surface area (Å²) in [5, 5.41) is 9.21. The van der Waals surface area contributed by atoms with E-state index >= 15 is 0 Å². The number of methoxy groups -OCH3 is 1. The van der Waals surface area contributed by atoms with Gasteiger partial charge in [0.05, 0.1) is 18.4 Å². The molecule has 0 bridgehead atoms. The number of rotatable bonds is 5. The average molecular weight is 367 g/mol. The molecule has 2 aromatic rings. The van der Waals surface area contributed by atoms with Crippen LogP contribution in [0.25, 0.3) is 5.69 Å². The molecule has 1 saturated heterocycles. The Bertz CT molecular complexity index is 842. The van der Waals surface area contributed by atoms with Crippen LogP contribution >= 0.6 is 0 Å². The molecule has 2 heterocycles. The number of hydrogen-bond donors (Lipinski definition) is 1. The van der Waals surface area contributed by atoms with E-state index in [0.29, 0.717) is 0 Å². The predicted molar refractivity (Wildman–Crippen MR) is 104 cm³/mol. The Kier molecular flexibility index (Phi) is 5.79. The number of aromatic nitrogens is 1. The zero-order valence-electron chi connectivity index (χ0n) is 15.8. The molecule has 0 atom stereocenters. The summed E-state index contributed by atoms with van der Waals surface area (Å²) in [6.07, 6.45) is 2.55. The van der Waals surface area contributed by atoms with Crippen LogP contribution in [0.4, 0.5) is 5.69 Å². The van der Waals surface area contributed by atoms with Gasteiger partial charge in [-0.05, 0) is 31.2 Å². The number of anilines is 1. The summed E-state index contributed by atoms with van der Waals surface area (Å²) in [5.41, 5.74) is 8.53. The number of benzene rings is 1. The van der Waals surface area contributed by atoms with Crippen LogP contribution in [0, 0.1) is 11.3 Å². The highest BCUT2D eigenvalue weighted by atomic mass is 16.5. The maximum atomic E-state index is 12.1. The lowest BCUT2D eigenvalue weighted by atomic mass is 10.1. The second-order valence-corrected chi connectivity index (χ2v) is 6.84. The molecule has 1 aliphatic heterocycles. The van der Waals surface area contributed by atoms with Crippen molar-refractivity contribution < 1.29 is 9.53 Å². The molecule has 0 unspecified atom stereocenters. The molecule has 7 nitrogen and oxygen atoms in total. The third-order valence-electron chi connectivity index (χ3n) is 5.07. The number of nitriles is 1. The van der Waals surface area contributed by atoms with Gasteiger partial charge < -0.3 is 24.8 Å². The molecule has 1 aromatic heterocycles. The number of esters is 1. The second-order valence-electron chi connectivity index (χ2n) is 6.84. The monoisotopic (exact) mass is 367 g/mol. The smallest absolute Gasteiger partial charge is 0.357 e. The Morgan fingerprint density at radius 2 is 1.89 bits per heavy atom. The molecular weight excluding hydrogens is 342 g/mol. The first kappa shape index (κ1) is 19.0. The van der Waals surface area contributed by atoms with Crippen molar-refractivity contribution in [2.45, 2.75) is 6.42 Å². The Balaban J connectivity index is 1.74. The van der Waals surface area contributed by atoms with Crippen LogP contribution in [0.15, 0.2) is 30.5 Å². The van der Waals surface area contributed by atoms with E-state index in [2.05, 4.69) is 29.0 Å². The highest BCUT2D eigenvalue weighted by molar-refractivity contribution is 5.95. The Morgan fingerprint density at radius 3 is 2.48 bits per heavy atom. The molecule has 2 N–H and O–H groups in total. The van der Waals surface area contributed by atoms with Gasteiger partial charge in [-0.2, -0.15) is 5.26 Å². The molecule has 1 aromatic carbocycles. The van der Waals surface area contributed by atoms with Crippen molar-refractivity contribution in [2.24, 2.45) is 0 Å². The summed E-state index contributed by atoms with van der Waals surface area (Å²) < 4.78 is 6.43. The number of likely N-dealkylation sites (N-methyl/N-ethyl adjacent to an activating group) is 1. The number of hydrogen-bond acceptors (Lipinski definition) is 6. The van der Waals surface area contributed by atoms with E-state index in [4.69, 9.17) is 10.5 Å². The van der Waals surface area contributed by atoms with E-state index in [1.165, 1.54) is 12.7 Å². The minimum atomic E-state index is -0.562. The third-order valence-corrected chi connectivity index (χ3v) is 5.07. The molecule has 27 heavy (non-hydrogen) atoms. The molecule has 0 aliphatic carbocycles. The van der Waals surface area contributed by atoms with Crippen LogP contribution in [0.1, 0.15) is 21.6 Å². The van der Waals surface area contributed by atoms with E-state index in [1.807, 2.05) is 18.2 Å². The topological polar surface area (TPSA) is 87.5 Å². The zero-order chi connectivity index (χ0) is 19.4. The fraction of sp³-hybridized carbons (Fsp3) is 0.400. The van der Waals surface area contributed by atoms with Crippen LogP contribution in [0.2, 0.25) is 0 Å². The largest absolute Gasteiger partial charge is 0.464 e. The molecule has 7 heteroatoms. The maximum absolute atomic E-state index is 12.1. The first-order valence-corrected chi connectivity index (χ1v) is 9.03. The summed E-state index contributed by atoms with van der Waals surface area (Å²) >= 11 is 0. The predicted octanol–water partition coefficient (Wildman–Crippen LogP) is 1.51. The maximum Gasteiger partial charge on any atom is 0.357 e. The highest BCUT2D eigenvalue weighted by Crippen LogP contribution is 2.25. The number of carbonyl (C=O) groups excluding carboxylic acids is 1. The average Bonchev–Trinajstić information content (AvgIpc) is 3.03. The SMILES string of the molecule is COC(=O)c1c(N)c(C#N)cn1-c1ccc(CCN2CCN(C)CC2)cc1. The van der Waals surface area contributed by atoms with E-state index < -0.39 is 5.97 Å². The van der Waals surface area contributed by atoms with Crippen LogP contribution < -0.4 is 5.73 Å². The van der Waals surface area contributed by atoms with Crippen LogP contribution in [0.3, 0.4) is 0 Å². The number of piperazine rings is 1. The summed E-state index contributed by atoms with van der Waals surface area (Å²) in [5.74, 6) is -0.562. The van der Waals surface area contributed by atoms with Crippen molar-refractivity contribution in [3.05, 3.63) is 47.3 Å². The van der Waals surface area contributed by atoms with Crippen LogP contribution in [-0.4, -0.2) is 67.2 Å². The quantitative estimate of drug-likeness (QED) is 0.806. The van der Waals surface area contributed by atoms with E-state index in [-0.39, 0.29) is 16.9 Å². The Morgan fingerprint density at radius 1 is 1.22 bits per heavy atom. The van der Waals surface area contributed by atoms with Gasteiger partial charge in [-0.3, -0.25) is 0 Å². The van der Waals surface area contributed by atoms with Gasteiger partial charge in [0.15, 0.2) is 5.69 Å². The van der Waals surface area contributed by atoms with Gasteiger partial charge in [0, 0.05) is 44.6 Å². The van der Waals surface area contributed by atoms with Crippen LogP contribution in [-0.2, 0) is 11.2 Å². The van der Waals surface area contributed by atoms with Crippen LogP contribution in [0.5, 0.6) is 0 Å². The second kappa shape index (κ2) is 8.25. The van der Waals surface area contributed by atoms with Crippen molar-refractivity contribution >= 4 is 11.7 Å². The lowest BCUT2D eigenvalue weighted by Crippen LogP contribution is -2.45. The minimum absolute atomic E-state index is 0.142. The summed E-state index contributed by atoms with van der Waals surface area (Å²) in [6.45, 7) is 5.49. The summed E-state index contributed by atoms with van der Waals surface area (Å²) in [7, 11) is 3.46. The van der Waals surface area contributed by atoms with E-state index in [0.717, 1.165) is 44.8 Å². The molecule has 0 spiro atoms. The fourth-order valence-corrected chi connectivity index (χ4v) is 3.30. The van der Waals surface area contributed by atoms with Gasteiger partial charge in [0.1, 0.15) is 6.07 Å². The lowest BCUT2D eigenvalue weighted by molar-refractivity contribution is 0.0593. The van der Waals surface area contributed by atoms with Crippen molar-refractivity contribution in [3.8, 4) is 11.8 Å². The first-order chi connectivity index (χ1) is 13.0. The third kappa shape index (κ3) is 4.13. The minimum Gasteiger partial charge on any atom is -0.464 e. The number of carbonyl (C=O) groups is 1. The van der Waals surface area contributed by atoms with Gasteiger partial charge in [-0.15, -0.1) is 0 Å². The number of ether oxygens (including phenoxy) is 1. The Labute approximate surface area is 159 Å². The van der Waals surface area contributed by atoms with Gasteiger partial charge >= 0.3 is 5.97 Å². The number of nitrogens with zero attached hydrogens (tertiary/aromatic N) is 4. The van der Waals surface area contributed by atoms with Crippen molar-refractivity contribution in [1.82, 2.24) is 14.4 Å². The van der Waals surface area contributed by atoms with Gasteiger partial charge in [0.2, 0.25) is 0 Å². The molecule has 0 amide bonds. The molecule has 142 valence electrons. The van der Waals surface area contributed by atoms with Crippen molar-refractivity contribution in [3.63, 3.8) is 0 Å². The molecule has 0 saturated carbocycles. The first-order valence-electron chi connectivity index (χ1n) is 9.03. The Hall–Kier alpha value is -2.82. The summed E-state index contributed by atoms with van der Waals surface area (Å²) in [6, 6.07) is 9.99. The van der Waals surface area contributed by atoms with E-state index in [1.54, 1.807) is 10.8 Å². The molecule has 1 fully saturated rings. The van der Waals surface area contributed by atoms with Crippen molar-refractivity contribution in [1.29, 1.82) is 5.26 Å². The zero-order valence-corrected chi connectivity index (χ0v) is 15.8. The standard InChI is InChI=1S/C20H25N5O2/c1-23-9-11-24(12-10-23)8-7-15-3-5-17(6-4-15)25-14-16(13-21)18(22)19(25)20(26)27-2/h3-6,14H,7-12,22H2,1-2H3. The van der Waals surface area contributed by atoms with E-state index in [9.17, 15) is 10.1 Å². The molecule has 3 rings (SSSR count). The molecule has 0 radical (unpaired) electrons. The number of nitrogen functional groups attached to an aromatic ring is 1. The normalized spacial score (nSPS) is 15.4. The fourth-order valence-electron chi connectivity index (χ4n) is 3.30. The van der Waals surface area contributed by atoms with Crippen molar-refractivity contribution in [2.75, 3.05) is 52.6 Å². The van der Waals surface area contributed by atoms with Gasteiger partial charge in [0.25, 0.3) is 0 Å². The summed E-state index contributed by atoms with van der Waals surface area (Å²) in [4.78, 5) is 16.9. The van der Waals surface area contributed by atoms with Gasteiger partial charge in [-0.25, -0.2) is 4.79 Å². The lowest BCUT2D eigenvalue weighted by Gasteiger charge is -2.32.